The zero-order chi connectivity index (χ0) is 14.4. The number of hydrogen-bond donors (Lipinski definition) is 2. The fourth-order valence-electron chi connectivity index (χ4n) is 2.32. The van der Waals surface area contributed by atoms with E-state index >= 15 is 0 Å². The number of methoxy groups -OCH3 is 1. The van der Waals surface area contributed by atoms with Gasteiger partial charge >= 0.3 is 0 Å². The fraction of sp³-hybridized carbons (Fsp3) is 0.714. The van der Waals surface area contributed by atoms with Crippen LogP contribution < -0.4 is 15.4 Å². The Labute approximate surface area is 120 Å². The van der Waals surface area contributed by atoms with E-state index in [1.165, 1.54) is 0 Å². The molecule has 2 unspecified atom stereocenters. The van der Waals surface area contributed by atoms with Crippen LogP contribution in [0, 0.1) is 5.92 Å². The number of ether oxygens (including phenoxy) is 2. The van der Waals surface area contributed by atoms with Crippen molar-refractivity contribution >= 4 is 11.6 Å². The lowest BCUT2D eigenvalue weighted by Crippen LogP contribution is -2.27. The van der Waals surface area contributed by atoms with E-state index in [0.29, 0.717) is 17.7 Å². The minimum absolute atomic E-state index is 0.292. The molecule has 20 heavy (non-hydrogen) atoms. The van der Waals surface area contributed by atoms with Crippen molar-refractivity contribution in [2.24, 2.45) is 5.92 Å². The fourth-order valence-corrected chi connectivity index (χ4v) is 2.32. The molecule has 1 saturated heterocycles. The number of rotatable bonds is 7. The molecule has 112 valence electrons. The van der Waals surface area contributed by atoms with Gasteiger partial charge in [0.1, 0.15) is 6.33 Å². The monoisotopic (exact) mass is 280 g/mol. The Balaban J connectivity index is 2.09. The molecule has 6 nitrogen and oxygen atoms in total. The van der Waals surface area contributed by atoms with Gasteiger partial charge in [0.05, 0.1) is 13.7 Å². The van der Waals surface area contributed by atoms with Crippen LogP contribution in [0.2, 0.25) is 0 Å². The van der Waals surface area contributed by atoms with Crippen LogP contribution in [0.25, 0.3) is 0 Å². The zero-order valence-electron chi connectivity index (χ0n) is 12.5. The normalized spacial score (nSPS) is 19.6. The van der Waals surface area contributed by atoms with Crippen LogP contribution in [0.4, 0.5) is 11.6 Å². The molecule has 2 rings (SSSR count). The average Bonchev–Trinajstić information content (AvgIpc) is 2.99. The van der Waals surface area contributed by atoms with Crippen molar-refractivity contribution in [3.05, 3.63) is 6.33 Å². The lowest BCUT2D eigenvalue weighted by molar-refractivity contribution is 0.183. The molecule has 0 saturated carbocycles. The van der Waals surface area contributed by atoms with Gasteiger partial charge < -0.3 is 20.1 Å². The van der Waals surface area contributed by atoms with Gasteiger partial charge in [-0.25, -0.2) is 9.97 Å². The van der Waals surface area contributed by atoms with Gasteiger partial charge in [0.2, 0.25) is 5.75 Å². The number of aromatic nitrogens is 2. The maximum absolute atomic E-state index is 5.46. The molecule has 1 aliphatic heterocycles. The van der Waals surface area contributed by atoms with Gasteiger partial charge in [-0.2, -0.15) is 0 Å². The van der Waals surface area contributed by atoms with Gasteiger partial charge in [-0.1, -0.05) is 6.92 Å². The summed E-state index contributed by atoms with van der Waals surface area (Å²) in [6.45, 7) is 6.78. The van der Waals surface area contributed by atoms with E-state index in [2.05, 4.69) is 34.4 Å². The molecule has 0 bridgehead atoms. The molecule has 1 fully saturated rings. The molecule has 1 aromatic rings. The summed E-state index contributed by atoms with van der Waals surface area (Å²) in [6, 6.07) is 0.292. The summed E-state index contributed by atoms with van der Waals surface area (Å²) in [5.74, 6) is 2.66. The average molecular weight is 280 g/mol. The predicted octanol–water partition coefficient (Wildman–Crippen LogP) is 2.14. The largest absolute Gasteiger partial charge is 0.490 e. The molecule has 0 aromatic carbocycles. The summed E-state index contributed by atoms with van der Waals surface area (Å²) in [5, 5.41) is 6.68. The van der Waals surface area contributed by atoms with Gasteiger partial charge in [-0.15, -0.1) is 0 Å². The van der Waals surface area contributed by atoms with Gasteiger partial charge in [0.25, 0.3) is 0 Å². The van der Waals surface area contributed by atoms with Crippen molar-refractivity contribution in [2.45, 2.75) is 32.7 Å². The maximum Gasteiger partial charge on any atom is 0.204 e. The van der Waals surface area contributed by atoms with Crippen LogP contribution in [0.5, 0.6) is 5.75 Å². The van der Waals surface area contributed by atoms with Gasteiger partial charge in [0, 0.05) is 25.1 Å². The molecule has 1 aliphatic rings. The molecule has 0 radical (unpaired) electrons. The number of nitrogens with one attached hydrogen (secondary N) is 2. The van der Waals surface area contributed by atoms with Crippen LogP contribution >= 0.6 is 0 Å². The first-order chi connectivity index (χ1) is 9.76. The highest BCUT2D eigenvalue weighted by Gasteiger charge is 2.24. The van der Waals surface area contributed by atoms with Crippen LogP contribution in [0.3, 0.4) is 0 Å². The van der Waals surface area contributed by atoms with Crippen LogP contribution in [-0.4, -0.2) is 42.9 Å². The molecule has 0 aliphatic carbocycles. The Bertz CT molecular complexity index is 422. The first-order valence-electron chi connectivity index (χ1n) is 7.23. The highest BCUT2D eigenvalue weighted by atomic mass is 16.5. The van der Waals surface area contributed by atoms with Crippen molar-refractivity contribution in [3.8, 4) is 5.75 Å². The molecule has 2 atom stereocenters. The quantitative estimate of drug-likeness (QED) is 0.797. The van der Waals surface area contributed by atoms with Crippen molar-refractivity contribution in [2.75, 3.05) is 37.5 Å². The molecule has 0 spiro atoms. The number of anilines is 2. The van der Waals surface area contributed by atoms with E-state index < -0.39 is 0 Å². The van der Waals surface area contributed by atoms with E-state index in [1.807, 2.05) is 0 Å². The van der Waals surface area contributed by atoms with Crippen molar-refractivity contribution in [1.82, 2.24) is 9.97 Å². The summed E-state index contributed by atoms with van der Waals surface area (Å²) in [6.07, 6.45) is 3.68. The minimum Gasteiger partial charge on any atom is -0.490 e. The van der Waals surface area contributed by atoms with Crippen molar-refractivity contribution in [1.29, 1.82) is 0 Å². The van der Waals surface area contributed by atoms with E-state index in [-0.39, 0.29) is 0 Å². The number of hydrogen-bond acceptors (Lipinski definition) is 6. The Kier molecular flexibility index (Phi) is 5.40. The second-order valence-electron chi connectivity index (χ2n) is 5.09. The Morgan fingerprint density at radius 2 is 2.25 bits per heavy atom. The Hall–Kier alpha value is -1.56. The van der Waals surface area contributed by atoms with E-state index in [1.54, 1.807) is 13.4 Å². The third-order valence-electron chi connectivity index (χ3n) is 3.59. The summed E-state index contributed by atoms with van der Waals surface area (Å²) in [5.41, 5.74) is 0. The van der Waals surface area contributed by atoms with Crippen LogP contribution in [0.15, 0.2) is 6.33 Å². The molecular weight excluding hydrogens is 256 g/mol. The first kappa shape index (κ1) is 14.8. The van der Waals surface area contributed by atoms with E-state index in [0.717, 1.165) is 44.2 Å². The highest BCUT2D eigenvalue weighted by Crippen LogP contribution is 2.30. The Morgan fingerprint density at radius 3 is 2.90 bits per heavy atom. The summed E-state index contributed by atoms with van der Waals surface area (Å²) >= 11 is 0. The van der Waals surface area contributed by atoms with Gasteiger partial charge in [-0.05, 0) is 19.8 Å². The maximum atomic E-state index is 5.46. The van der Waals surface area contributed by atoms with Crippen LogP contribution in [-0.2, 0) is 4.74 Å². The summed E-state index contributed by atoms with van der Waals surface area (Å²) in [7, 11) is 1.64. The third-order valence-corrected chi connectivity index (χ3v) is 3.59. The Morgan fingerprint density at radius 1 is 1.45 bits per heavy atom. The molecule has 6 heteroatoms. The summed E-state index contributed by atoms with van der Waals surface area (Å²) < 4.78 is 10.9. The SMILES string of the molecule is CCCNc1ncnc(NC(C)C2CCOC2)c1OC. The second kappa shape index (κ2) is 7.28. The molecule has 0 amide bonds. The summed E-state index contributed by atoms with van der Waals surface area (Å²) in [4.78, 5) is 8.54. The minimum atomic E-state index is 0.292. The molecule has 2 heterocycles. The lowest BCUT2D eigenvalue weighted by atomic mass is 10.0. The zero-order valence-corrected chi connectivity index (χ0v) is 12.5. The number of nitrogens with zero attached hydrogens (tertiary/aromatic N) is 2. The first-order valence-corrected chi connectivity index (χ1v) is 7.23. The highest BCUT2D eigenvalue weighted by molar-refractivity contribution is 5.63. The molecular formula is C14H24N4O2. The standard InChI is InChI=1S/C14H24N4O2/c1-4-6-15-13-12(19-3)14(17-9-16-13)18-10(2)11-5-7-20-8-11/h9-11H,4-8H2,1-3H3,(H2,15,16,17,18). The van der Waals surface area contributed by atoms with E-state index in [9.17, 15) is 0 Å². The predicted molar refractivity (Wildman–Crippen MR) is 79.4 cm³/mol. The molecule has 2 N–H and O–H groups in total. The lowest BCUT2D eigenvalue weighted by Gasteiger charge is -2.21. The second-order valence-corrected chi connectivity index (χ2v) is 5.09. The molecule has 1 aromatic heterocycles. The van der Waals surface area contributed by atoms with Crippen molar-refractivity contribution in [3.63, 3.8) is 0 Å². The smallest absolute Gasteiger partial charge is 0.204 e. The van der Waals surface area contributed by atoms with Crippen molar-refractivity contribution < 1.29 is 9.47 Å². The third kappa shape index (κ3) is 3.50. The topological polar surface area (TPSA) is 68.3 Å². The van der Waals surface area contributed by atoms with Gasteiger partial charge in [0.15, 0.2) is 11.6 Å². The van der Waals surface area contributed by atoms with Gasteiger partial charge in [-0.3, -0.25) is 0 Å². The van der Waals surface area contributed by atoms with Crippen LogP contribution in [0.1, 0.15) is 26.7 Å². The van der Waals surface area contributed by atoms with E-state index in [4.69, 9.17) is 9.47 Å².